The Morgan fingerprint density at radius 3 is 0.574 bits per heavy atom. The lowest BCUT2D eigenvalue weighted by molar-refractivity contribution is -0.147. The average molecular weight is 673 g/mol. The summed E-state index contributed by atoms with van der Waals surface area (Å²) in [6, 6.07) is 0. The summed E-state index contributed by atoms with van der Waals surface area (Å²) in [5.41, 5.74) is 0. The van der Waals surface area contributed by atoms with Gasteiger partial charge in [0.05, 0.1) is 0 Å². The van der Waals surface area contributed by atoms with E-state index in [4.69, 9.17) is 20.4 Å². The van der Waals surface area contributed by atoms with Crippen LogP contribution in [0, 0.1) is 0 Å². The first kappa shape index (κ1) is 49.3. The number of unbranched alkanes of at least 4 members (excludes halogenated alkanes) is 28. The third-order valence-electron chi connectivity index (χ3n) is 8.29. The number of carboxylic acid groups (broad SMARTS) is 4. The van der Waals surface area contributed by atoms with Crippen molar-refractivity contribution in [3.8, 4) is 0 Å². The Morgan fingerprint density at radius 1 is 0.277 bits per heavy atom. The third-order valence-corrected chi connectivity index (χ3v) is 8.29. The molecule has 8 heteroatoms. The Labute approximate surface area is 288 Å². The Balaban J connectivity index is -0.000000685. The maximum Gasteiger partial charge on any atom is 0.314 e. The van der Waals surface area contributed by atoms with Crippen molar-refractivity contribution in [2.75, 3.05) is 0 Å². The van der Waals surface area contributed by atoms with Gasteiger partial charge in [0.1, 0.15) is 6.42 Å². The molecule has 0 rings (SSSR count). The summed E-state index contributed by atoms with van der Waals surface area (Å²) in [4.78, 5) is 39.5. The molecule has 0 aliphatic rings. The number of hydrogen-bond donors (Lipinski definition) is 4. The normalized spacial score (nSPS) is 10.4. The number of rotatable bonds is 34. The molecule has 0 unspecified atom stereocenters. The first-order valence-corrected chi connectivity index (χ1v) is 19.5. The van der Waals surface area contributed by atoms with Gasteiger partial charge in [0, 0.05) is 12.8 Å². The highest BCUT2D eigenvalue weighted by Gasteiger charge is 2.02. The van der Waals surface area contributed by atoms with Crippen molar-refractivity contribution >= 4 is 23.9 Å². The van der Waals surface area contributed by atoms with Gasteiger partial charge in [-0.25, -0.2) is 0 Å². The molecule has 0 heterocycles. The third kappa shape index (κ3) is 59.8. The fourth-order valence-corrected chi connectivity index (χ4v) is 5.42. The van der Waals surface area contributed by atoms with Gasteiger partial charge in [-0.15, -0.1) is 0 Å². The highest BCUT2D eigenvalue weighted by Crippen LogP contribution is 2.15. The van der Waals surface area contributed by atoms with Crippen LogP contribution in [0.3, 0.4) is 0 Å². The fourth-order valence-electron chi connectivity index (χ4n) is 5.42. The maximum absolute atomic E-state index is 10.3. The minimum absolute atomic E-state index is 0.345. The zero-order chi connectivity index (χ0) is 35.6. The maximum atomic E-state index is 10.3. The Kier molecular flexibility index (Phi) is 46.0. The van der Waals surface area contributed by atoms with Crippen molar-refractivity contribution in [1.29, 1.82) is 0 Å². The summed E-state index contributed by atoms with van der Waals surface area (Å²) in [6.45, 7) is 4.54. The number of carbonyl (C=O) groups is 4. The van der Waals surface area contributed by atoms with Gasteiger partial charge in [-0.1, -0.05) is 194 Å². The van der Waals surface area contributed by atoms with Gasteiger partial charge in [-0.05, 0) is 12.8 Å². The Hall–Kier alpha value is -2.12. The van der Waals surface area contributed by atoms with Crippen LogP contribution in [0.5, 0.6) is 0 Å². The van der Waals surface area contributed by atoms with E-state index in [0.29, 0.717) is 12.8 Å². The molecule has 0 spiro atoms. The summed E-state index contributed by atoms with van der Waals surface area (Å²) in [5.74, 6) is -3.93. The van der Waals surface area contributed by atoms with Crippen LogP contribution >= 0.6 is 0 Å². The molecule has 0 aliphatic carbocycles. The van der Waals surface area contributed by atoms with Crippen molar-refractivity contribution in [1.82, 2.24) is 0 Å². The zero-order valence-corrected chi connectivity index (χ0v) is 30.8. The molecule has 0 atom stereocenters. The van der Waals surface area contributed by atoms with Crippen molar-refractivity contribution in [2.24, 2.45) is 0 Å². The smallest absolute Gasteiger partial charge is 0.314 e. The fraction of sp³-hybridized carbons (Fsp3) is 0.897. The van der Waals surface area contributed by atoms with Crippen LogP contribution in [-0.2, 0) is 19.2 Å². The van der Waals surface area contributed by atoms with Crippen LogP contribution in [0.25, 0.3) is 0 Å². The molecule has 0 saturated carbocycles. The van der Waals surface area contributed by atoms with Crippen LogP contribution in [0.4, 0.5) is 0 Å². The van der Waals surface area contributed by atoms with E-state index < -0.39 is 30.3 Å². The molecule has 0 radical (unpaired) electrons. The van der Waals surface area contributed by atoms with Gasteiger partial charge in [0.15, 0.2) is 0 Å². The van der Waals surface area contributed by atoms with Crippen LogP contribution in [-0.4, -0.2) is 44.3 Å². The summed E-state index contributed by atoms with van der Waals surface area (Å²) in [5, 5.41) is 32.4. The number of hydrogen-bond acceptors (Lipinski definition) is 4. The van der Waals surface area contributed by atoms with E-state index in [2.05, 4.69) is 13.8 Å². The second-order valence-corrected chi connectivity index (χ2v) is 13.2. The second kappa shape index (κ2) is 43.9. The monoisotopic (exact) mass is 673 g/mol. The van der Waals surface area contributed by atoms with E-state index in [1.807, 2.05) is 0 Å². The van der Waals surface area contributed by atoms with Crippen molar-refractivity contribution < 1.29 is 39.6 Å². The highest BCUT2D eigenvalue weighted by molar-refractivity contribution is 5.88. The quantitative estimate of drug-likeness (QED) is 0.0389. The first-order chi connectivity index (χ1) is 22.7. The van der Waals surface area contributed by atoms with E-state index in [1.54, 1.807) is 0 Å². The van der Waals surface area contributed by atoms with Crippen LogP contribution < -0.4 is 0 Å². The standard InChI is InChI=1S/2C18H36O2.C3H4O4/c2*1-2-3-4-5-6-7-8-9-10-11-12-13-14-15-16-17-18(19)20;4-2(5)1-3(6)7/h2*2-17H2,1H3,(H,19,20);1H2,(H,4,5)(H,6,7). The van der Waals surface area contributed by atoms with Gasteiger partial charge in [-0.3, -0.25) is 19.2 Å². The molecule has 0 aromatic rings. The molecule has 0 aliphatic heterocycles. The Bertz CT molecular complexity index is 624. The second-order valence-electron chi connectivity index (χ2n) is 13.2. The van der Waals surface area contributed by atoms with Gasteiger partial charge < -0.3 is 20.4 Å². The minimum atomic E-state index is -1.31. The van der Waals surface area contributed by atoms with E-state index in [9.17, 15) is 19.2 Å². The van der Waals surface area contributed by atoms with Crippen molar-refractivity contribution in [3.05, 3.63) is 0 Å². The first-order valence-electron chi connectivity index (χ1n) is 19.5. The lowest BCUT2D eigenvalue weighted by Crippen LogP contribution is -2.03. The van der Waals surface area contributed by atoms with Crippen LogP contribution in [0.1, 0.15) is 226 Å². The molecule has 280 valence electrons. The van der Waals surface area contributed by atoms with Crippen molar-refractivity contribution in [3.63, 3.8) is 0 Å². The van der Waals surface area contributed by atoms with E-state index in [1.165, 1.54) is 167 Å². The van der Waals surface area contributed by atoms with E-state index in [-0.39, 0.29) is 0 Å². The molecular weight excluding hydrogens is 596 g/mol. The van der Waals surface area contributed by atoms with Gasteiger partial charge in [-0.2, -0.15) is 0 Å². The molecule has 8 nitrogen and oxygen atoms in total. The largest absolute Gasteiger partial charge is 0.481 e. The predicted molar refractivity (Wildman–Crippen MR) is 194 cm³/mol. The molecule has 0 fully saturated rings. The lowest BCUT2D eigenvalue weighted by Gasteiger charge is -2.03. The summed E-state index contributed by atoms with van der Waals surface area (Å²) in [7, 11) is 0. The SMILES string of the molecule is CCCCCCCCCCCCCCCCCC(=O)O.CCCCCCCCCCCCCCCCCC(=O)O.O=C(O)CC(=O)O. The van der Waals surface area contributed by atoms with Crippen LogP contribution in [0.2, 0.25) is 0 Å². The van der Waals surface area contributed by atoms with Crippen LogP contribution in [0.15, 0.2) is 0 Å². The Morgan fingerprint density at radius 2 is 0.447 bits per heavy atom. The molecule has 0 aromatic heterocycles. The molecule has 47 heavy (non-hydrogen) atoms. The molecule has 0 aromatic carbocycles. The summed E-state index contributed by atoms with van der Waals surface area (Å²) in [6.07, 6.45) is 39.6. The van der Waals surface area contributed by atoms with Gasteiger partial charge in [0.25, 0.3) is 0 Å². The van der Waals surface area contributed by atoms with E-state index in [0.717, 1.165) is 25.7 Å². The molecule has 0 saturated heterocycles. The average Bonchev–Trinajstić information content (AvgIpc) is 3.00. The van der Waals surface area contributed by atoms with E-state index >= 15 is 0 Å². The molecule has 0 amide bonds. The topological polar surface area (TPSA) is 149 Å². The molecule has 4 N–H and O–H groups in total. The van der Waals surface area contributed by atoms with Crippen molar-refractivity contribution in [2.45, 2.75) is 226 Å². The number of aliphatic carboxylic acids is 4. The highest BCUT2D eigenvalue weighted by atomic mass is 16.4. The van der Waals surface area contributed by atoms with Gasteiger partial charge >= 0.3 is 23.9 Å². The lowest BCUT2D eigenvalue weighted by atomic mass is 10.0. The molecular formula is C39H76O8. The van der Waals surface area contributed by atoms with Gasteiger partial charge in [0.2, 0.25) is 0 Å². The summed E-state index contributed by atoms with van der Waals surface area (Å²) < 4.78 is 0. The minimum Gasteiger partial charge on any atom is -0.481 e. The summed E-state index contributed by atoms with van der Waals surface area (Å²) >= 11 is 0. The zero-order valence-electron chi connectivity index (χ0n) is 30.8. The molecule has 0 bridgehead atoms. The predicted octanol–water partition coefficient (Wildman–Crippen LogP) is 12.2. The number of carboxylic acids is 4.